The van der Waals surface area contributed by atoms with Crippen molar-refractivity contribution in [1.82, 2.24) is 5.32 Å². The molecule has 3 heteroatoms. The molecule has 86 valence electrons. The average Bonchev–Trinajstić information content (AvgIpc) is 2.85. The molecule has 0 aliphatic heterocycles. The molecular weight excluding hydrogens is 190 g/mol. The summed E-state index contributed by atoms with van der Waals surface area (Å²) in [5.41, 5.74) is 0. The van der Waals surface area contributed by atoms with Gasteiger partial charge in [0.25, 0.3) is 0 Å². The molecule has 0 radical (unpaired) electrons. The van der Waals surface area contributed by atoms with Crippen molar-refractivity contribution in [3.63, 3.8) is 0 Å². The van der Waals surface area contributed by atoms with E-state index in [1.807, 2.05) is 0 Å². The number of carbonyl (C=O) groups excluding carboxylic acids is 1. The van der Waals surface area contributed by atoms with E-state index in [0.717, 1.165) is 50.5 Å². The summed E-state index contributed by atoms with van der Waals surface area (Å²) in [5, 5.41) is 11.6. The minimum absolute atomic E-state index is 0.264. The molecule has 2 saturated carbocycles. The van der Waals surface area contributed by atoms with Crippen LogP contribution < -0.4 is 5.32 Å². The maximum Gasteiger partial charge on any atom is 0.223 e. The highest BCUT2D eigenvalue weighted by Gasteiger charge is 2.47. The van der Waals surface area contributed by atoms with Gasteiger partial charge in [-0.1, -0.05) is 0 Å². The first-order valence-corrected chi connectivity index (χ1v) is 6.20. The van der Waals surface area contributed by atoms with Gasteiger partial charge in [-0.2, -0.15) is 0 Å². The monoisotopic (exact) mass is 211 g/mol. The van der Waals surface area contributed by atoms with Crippen LogP contribution in [-0.4, -0.2) is 24.2 Å². The summed E-state index contributed by atoms with van der Waals surface area (Å²) in [4.78, 5) is 11.7. The highest BCUT2D eigenvalue weighted by atomic mass is 16.2. The topological polar surface area (TPSA) is 49.3 Å². The molecule has 0 heterocycles. The van der Waals surface area contributed by atoms with Gasteiger partial charge in [-0.25, -0.2) is 0 Å². The molecule has 2 aliphatic rings. The van der Waals surface area contributed by atoms with Crippen molar-refractivity contribution >= 4 is 5.91 Å². The van der Waals surface area contributed by atoms with E-state index in [1.165, 1.54) is 6.42 Å². The molecule has 0 saturated heterocycles. The molecule has 2 unspecified atom stereocenters. The highest BCUT2D eigenvalue weighted by Crippen LogP contribution is 2.54. The molecule has 1 amide bonds. The van der Waals surface area contributed by atoms with E-state index >= 15 is 0 Å². The number of amides is 1. The van der Waals surface area contributed by atoms with E-state index in [9.17, 15) is 4.79 Å². The largest absolute Gasteiger partial charge is 0.396 e. The zero-order chi connectivity index (χ0) is 10.7. The second-order valence-corrected chi connectivity index (χ2v) is 5.00. The van der Waals surface area contributed by atoms with Crippen molar-refractivity contribution in [2.45, 2.75) is 38.5 Å². The summed E-state index contributed by atoms with van der Waals surface area (Å²) >= 11 is 0. The Morgan fingerprint density at radius 1 is 1.13 bits per heavy atom. The number of fused-ring (bicyclic) bond motifs is 1. The van der Waals surface area contributed by atoms with E-state index < -0.39 is 0 Å². The third-order valence-corrected chi connectivity index (χ3v) is 3.75. The Bertz CT molecular complexity index is 220. The van der Waals surface area contributed by atoms with Gasteiger partial charge in [0.2, 0.25) is 5.91 Å². The molecule has 2 aliphatic carbocycles. The van der Waals surface area contributed by atoms with E-state index in [0.29, 0.717) is 5.92 Å². The van der Waals surface area contributed by atoms with Crippen molar-refractivity contribution in [3.8, 4) is 0 Å². The smallest absolute Gasteiger partial charge is 0.223 e. The molecule has 0 bridgehead atoms. The number of unbranched alkanes of at least 4 members (excludes halogenated alkanes) is 2. The van der Waals surface area contributed by atoms with Crippen LogP contribution in [0.25, 0.3) is 0 Å². The lowest BCUT2D eigenvalue weighted by Crippen LogP contribution is -2.30. The van der Waals surface area contributed by atoms with Gasteiger partial charge in [-0.15, -0.1) is 0 Å². The predicted molar refractivity (Wildman–Crippen MR) is 58.3 cm³/mol. The SMILES string of the molecule is O=C(NCCCCCO)C1CC2CC2C1. The molecule has 2 rings (SSSR count). The first-order valence-electron chi connectivity index (χ1n) is 6.20. The second kappa shape index (κ2) is 4.97. The summed E-state index contributed by atoms with van der Waals surface area (Å²) in [6, 6.07) is 0. The lowest BCUT2D eigenvalue weighted by molar-refractivity contribution is -0.125. The third kappa shape index (κ3) is 2.94. The van der Waals surface area contributed by atoms with E-state index in [2.05, 4.69) is 5.32 Å². The molecule has 15 heavy (non-hydrogen) atoms. The number of carbonyl (C=O) groups is 1. The Labute approximate surface area is 91.2 Å². The number of rotatable bonds is 6. The van der Waals surface area contributed by atoms with Crippen LogP contribution in [0.2, 0.25) is 0 Å². The molecule has 3 nitrogen and oxygen atoms in total. The Hall–Kier alpha value is -0.570. The van der Waals surface area contributed by atoms with Crippen molar-refractivity contribution in [3.05, 3.63) is 0 Å². The van der Waals surface area contributed by atoms with Crippen molar-refractivity contribution in [2.75, 3.05) is 13.2 Å². The third-order valence-electron chi connectivity index (χ3n) is 3.75. The predicted octanol–water partition coefficient (Wildman–Crippen LogP) is 1.31. The second-order valence-electron chi connectivity index (χ2n) is 5.00. The summed E-state index contributed by atoms with van der Waals surface area (Å²) in [7, 11) is 0. The van der Waals surface area contributed by atoms with Crippen LogP contribution in [0.3, 0.4) is 0 Å². The van der Waals surface area contributed by atoms with E-state index in [1.54, 1.807) is 0 Å². The summed E-state index contributed by atoms with van der Waals surface area (Å²) in [6.07, 6.45) is 6.49. The summed E-state index contributed by atoms with van der Waals surface area (Å²) in [6.45, 7) is 1.05. The van der Waals surface area contributed by atoms with Crippen LogP contribution in [0.5, 0.6) is 0 Å². The van der Waals surface area contributed by atoms with Gasteiger partial charge >= 0.3 is 0 Å². The first-order chi connectivity index (χ1) is 7.31. The van der Waals surface area contributed by atoms with Gasteiger partial charge in [0.15, 0.2) is 0 Å². The summed E-state index contributed by atoms with van der Waals surface area (Å²) in [5.74, 6) is 2.35. The lowest BCUT2D eigenvalue weighted by Gasteiger charge is -2.11. The Morgan fingerprint density at radius 2 is 1.87 bits per heavy atom. The molecule has 0 spiro atoms. The molecule has 0 aromatic heterocycles. The number of aliphatic hydroxyl groups excluding tert-OH is 1. The molecule has 0 aromatic carbocycles. The minimum Gasteiger partial charge on any atom is -0.396 e. The van der Waals surface area contributed by atoms with Crippen LogP contribution in [0.15, 0.2) is 0 Å². The Morgan fingerprint density at radius 3 is 2.53 bits per heavy atom. The molecule has 2 atom stereocenters. The van der Waals surface area contributed by atoms with Crippen LogP contribution in [0, 0.1) is 17.8 Å². The quantitative estimate of drug-likeness (QED) is 0.651. The zero-order valence-electron chi connectivity index (χ0n) is 9.24. The van der Waals surface area contributed by atoms with Gasteiger partial charge in [-0.3, -0.25) is 4.79 Å². The van der Waals surface area contributed by atoms with Crippen LogP contribution in [0.1, 0.15) is 38.5 Å². The van der Waals surface area contributed by atoms with Gasteiger partial charge in [0.1, 0.15) is 0 Å². The van der Waals surface area contributed by atoms with E-state index in [-0.39, 0.29) is 12.5 Å². The van der Waals surface area contributed by atoms with Gasteiger partial charge in [0.05, 0.1) is 0 Å². The van der Waals surface area contributed by atoms with E-state index in [4.69, 9.17) is 5.11 Å². The standard InChI is InChI=1S/C12H21NO2/c14-5-3-1-2-4-13-12(15)11-7-9-6-10(9)8-11/h9-11,14H,1-8H2,(H,13,15). The highest BCUT2D eigenvalue weighted by molar-refractivity contribution is 5.79. The number of hydrogen-bond donors (Lipinski definition) is 2. The Kier molecular flexibility index (Phi) is 3.62. The van der Waals surface area contributed by atoms with Crippen molar-refractivity contribution in [2.24, 2.45) is 17.8 Å². The normalized spacial score (nSPS) is 32.5. The maximum atomic E-state index is 11.7. The van der Waals surface area contributed by atoms with Gasteiger partial charge < -0.3 is 10.4 Å². The van der Waals surface area contributed by atoms with Gasteiger partial charge in [-0.05, 0) is 50.4 Å². The van der Waals surface area contributed by atoms with Gasteiger partial charge in [0, 0.05) is 19.1 Å². The van der Waals surface area contributed by atoms with Crippen molar-refractivity contribution in [1.29, 1.82) is 0 Å². The summed E-state index contributed by atoms with van der Waals surface area (Å²) < 4.78 is 0. The average molecular weight is 211 g/mol. The first kappa shape index (κ1) is 10.9. The fourth-order valence-corrected chi connectivity index (χ4v) is 2.70. The van der Waals surface area contributed by atoms with Crippen LogP contribution >= 0.6 is 0 Å². The number of aliphatic hydroxyl groups is 1. The zero-order valence-corrected chi connectivity index (χ0v) is 9.24. The fourth-order valence-electron chi connectivity index (χ4n) is 2.70. The minimum atomic E-state index is 0.264. The fraction of sp³-hybridized carbons (Fsp3) is 0.917. The number of hydrogen-bond acceptors (Lipinski definition) is 2. The lowest BCUT2D eigenvalue weighted by atomic mass is 10.0. The Balaban J connectivity index is 1.53. The van der Waals surface area contributed by atoms with Crippen molar-refractivity contribution < 1.29 is 9.90 Å². The molecule has 2 fully saturated rings. The van der Waals surface area contributed by atoms with Crippen LogP contribution in [0.4, 0.5) is 0 Å². The number of nitrogens with one attached hydrogen (secondary N) is 1. The molecule has 0 aromatic rings. The van der Waals surface area contributed by atoms with Crippen LogP contribution in [-0.2, 0) is 4.79 Å². The maximum absolute atomic E-state index is 11.7. The molecular formula is C12H21NO2. The molecule has 2 N–H and O–H groups in total.